The third-order valence-corrected chi connectivity index (χ3v) is 5.70. The van der Waals surface area contributed by atoms with Gasteiger partial charge in [-0.2, -0.15) is 4.68 Å². The van der Waals surface area contributed by atoms with E-state index in [-0.39, 0.29) is 5.91 Å². The number of nitrogens with one attached hydrogen (secondary N) is 1. The lowest BCUT2D eigenvalue weighted by Crippen LogP contribution is -2.13. The number of amides is 1. The van der Waals surface area contributed by atoms with Crippen LogP contribution in [-0.2, 0) is 6.54 Å². The minimum Gasteiger partial charge on any atom is -0.341 e. The second kappa shape index (κ2) is 6.58. The standard InChI is InChI=1S/C20H16N6OS/c1-2-25-16-6-4-3-5-14(16)15-11-13(7-8-17(15)25)22-20(27)19-18(9-10-28-19)26-12-21-23-24-26/h3-12H,2H2,1H3,(H,22,27). The quantitative estimate of drug-likeness (QED) is 0.503. The van der Waals surface area contributed by atoms with Crippen molar-refractivity contribution in [3.05, 3.63) is 65.1 Å². The first-order valence-corrected chi connectivity index (χ1v) is 9.77. The Hall–Kier alpha value is -3.52. The van der Waals surface area contributed by atoms with Crippen LogP contribution in [-0.4, -0.2) is 30.7 Å². The number of hydrogen-bond acceptors (Lipinski definition) is 5. The Morgan fingerprint density at radius 2 is 1.96 bits per heavy atom. The van der Waals surface area contributed by atoms with Crippen LogP contribution in [0.1, 0.15) is 16.6 Å². The maximum atomic E-state index is 12.9. The van der Waals surface area contributed by atoms with E-state index >= 15 is 0 Å². The molecule has 5 aromatic rings. The average molecular weight is 388 g/mol. The predicted octanol–water partition coefficient (Wildman–Crippen LogP) is 4.10. The van der Waals surface area contributed by atoms with Gasteiger partial charge in [0.05, 0.1) is 5.69 Å². The van der Waals surface area contributed by atoms with Crippen molar-refractivity contribution in [1.29, 1.82) is 0 Å². The molecule has 2 aromatic carbocycles. The molecule has 0 saturated carbocycles. The summed E-state index contributed by atoms with van der Waals surface area (Å²) in [5.74, 6) is -0.181. The summed E-state index contributed by atoms with van der Waals surface area (Å²) in [5.41, 5.74) is 3.78. The minimum absolute atomic E-state index is 0.181. The molecule has 138 valence electrons. The summed E-state index contributed by atoms with van der Waals surface area (Å²) in [5, 5.41) is 18.3. The number of aromatic nitrogens is 5. The van der Waals surface area contributed by atoms with E-state index < -0.39 is 0 Å². The van der Waals surface area contributed by atoms with Crippen LogP contribution < -0.4 is 5.32 Å². The fourth-order valence-electron chi connectivity index (χ4n) is 3.58. The summed E-state index contributed by atoms with van der Waals surface area (Å²) in [6.45, 7) is 3.03. The summed E-state index contributed by atoms with van der Waals surface area (Å²) < 4.78 is 3.77. The van der Waals surface area contributed by atoms with E-state index in [9.17, 15) is 4.79 Å². The number of hydrogen-bond donors (Lipinski definition) is 1. The summed E-state index contributed by atoms with van der Waals surface area (Å²) in [6.07, 6.45) is 1.48. The van der Waals surface area contributed by atoms with E-state index in [0.717, 1.165) is 23.1 Å². The van der Waals surface area contributed by atoms with Crippen molar-refractivity contribution in [3.8, 4) is 5.69 Å². The number of rotatable bonds is 4. The van der Waals surface area contributed by atoms with Crippen LogP contribution in [0.4, 0.5) is 5.69 Å². The first kappa shape index (κ1) is 16.6. The Bertz CT molecular complexity index is 1300. The van der Waals surface area contributed by atoms with Crippen LogP contribution in [0.15, 0.2) is 60.2 Å². The van der Waals surface area contributed by atoms with Gasteiger partial charge in [0.25, 0.3) is 5.91 Å². The van der Waals surface area contributed by atoms with Gasteiger partial charge in [-0.1, -0.05) is 18.2 Å². The third kappa shape index (κ3) is 2.57. The van der Waals surface area contributed by atoms with E-state index in [1.165, 1.54) is 33.2 Å². The van der Waals surface area contributed by atoms with Gasteiger partial charge in [0.2, 0.25) is 0 Å². The zero-order valence-corrected chi connectivity index (χ0v) is 15.8. The highest BCUT2D eigenvalue weighted by Gasteiger charge is 2.17. The van der Waals surface area contributed by atoms with Gasteiger partial charge in [-0.3, -0.25) is 4.79 Å². The number of benzene rings is 2. The van der Waals surface area contributed by atoms with Crippen molar-refractivity contribution >= 4 is 44.7 Å². The minimum atomic E-state index is -0.181. The summed E-state index contributed by atoms with van der Waals surface area (Å²) in [7, 11) is 0. The molecule has 0 aliphatic heterocycles. The number of aryl methyl sites for hydroxylation is 1. The van der Waals surface area contributed by atoms with Gasteiger partial charge in [-0.25, -0.2) is 0 Å². The lowest BCUT2D eigenvalue weighted by molar-refractivity contribution is 0.103. The summed E-state index contributed by atoms with van der Waals surface area (Å²) in [6, 6.07) is 16.2. The summed E-state index contributed by atoms with van der Waals surface area (Å²) in [4.78, 5) is 13.4. The monoisotopic (exact) mass is 388 g/mol. The van der Waals surface area contributed by atoms with Crippen molar-refractivity contribution in [1.82, 2.24) is 24.8 Å². The first-order valence-electron chi connectivity index (χ1n) is 8.89. The molecule has 28 heavy (non-hydrogen) atoms. The van der Waals surface area contributed by atoms with Crippen LogP contribution in [0.5, 0.6) is 0 Å². The Kier molecular flexibility index (Phi) is 3.91. The second-order valence-corrected chi connectivity index (χ2v) is 7.25. The molecule has 0 aliphatic rings. The number of thiophene rings is 1. The number of carbonyl (C=O) groups is 1. The smallest absolute Gasteiger partial charge is 0.267 e. The van der Waals surface area contributed by atoms with E-state index in [0.29, 0.717) is 10.6 Å². The molecular weight excluding hydrogens is 372 g/mol. The number of tetrazole rings is 1. The Morgan fingerprint density at radius 3 is 2.79 bits per heavy atom. The number of carbonyl (C=O) groups excluding carboxylic acids is 1. The summed E-state index contributed by atoms with van der Waals surface area (Å²) >= 11 is 1.36. The van der Waals surface area contributed by atoms with Crippen molar-refractivity contribution < 1.29 is 4.79 Å². The molecule has 3 heterocycles. The molecule has 0 bridgehead atoms. The molecule has 0 fully saturated rings. The van der Waals surface area contributed by atoms with Gasteiger partial charge in [-0.15, -0.1) is 16.4 Å². The molecule has 0 atom stereocenters. The van der Waals surface area contributed by atoms with Gasteiger partial charge >= 0.3 is 0 Å². The SMILES string of the molecule is CCn1c2ccccc2c2cc(NC(=O)c3sccc3-n3cnnn3)ccc21. The highest BCUT2D eigenvalue weighted by Crippen LogP contribution is 2.31. The highest BCUT2D eigenvalue weighted by molar-refractivity contribution is 7.12. The molecule has 7 nitrogen and oxygen atoms in total. The van der Waals surface area contributed by atoms with Crippen LogP contribution >= 0.6 is 11.3 Å². The van der Waals surface area contributed by atoms with Gasteiger partial charge in [-0.05, 0) is 53.1 Å². The molecule has 3 aromatic heterocycles. The Morgan fingerprint density at radius 1 is 1.11 bits per heavy atom. The second-order valence-electron chi connectivity index (χ2n) is 6.34. The lowest BCUT2D eigenvalue weighted by Gasteiger charge is -2.07. The fraction of sp³-hybridized carbons (Fsp3) is 0.100. The molecule has 0 spiro atoms. The van der Waals surface area contributed by atoms with E-state index in [1.807, 2.05) is 35.7 Å². The normalized spacial score (nSPS) is 11.3. The van der Waals surface area contributed by atoms with Crippen LogP contribution in [0, 0.1) is 0 Å². The van der Waals surface area contributed by atoms with E-state index in [2.05, 4.69) is 50.5 Å². The molecule has 0 radical (unpaired) electrons. The highest BCUT2D eigenvalue weighted by atomic mass is 32.1. The fourth-order valence-corrected chi connectivity index (χ4v) is 4.36. The Balaban J connectivity index is 1.54. The first-order chi connectivity index (χ1) is 13.8. The average Bonchev–Trinajstić information content (AvgIpc) is 3.45. The molecule has 0 unspecified atom stereocenters. The van der Waals surface area contributed by atoms with Crippen LogP contribution in [0.2, 0.25) is 0 Å². The van der Waals surface area contributed by atoms with Crippen LogP contribution in [0.3, 0.4) is 0 Å². The van der Waals surface area contributed by atoms with Crippen molar-refractivity contribution in [3.63, 3.8) is 0 Å². The zero-order valence-electron chi connectivity index (χ0n) is 15.0. The predicted molar refractivity (Wildman–Crippen MR) is 110 cm³/mol. The Labute approximate surface area is 164 Å². The molecule has 8 heteroatoms. The molecule has 1 N–H and O–H groups in total. The zero-order chi connectivity index (χ0) is 19.1. The van der Waals surface area contributed by atoms with Crippen molar-refractivity contribution in [2.75, 3.05) is 5.32 Å². The molecule has 0 aliphatic carbocycles. The molecule has 0 saturated heterocycles. The van der Waals surface area contributed by atoms with Crippen molar-refractivity contribution in [2.24, 2.45) is 0 Å². The van der Waals surface area contributed by atoms with Crippen LogP contribution in [0.25, 0.3) is 27.5 Å². The number of para-hydroxylation sites is 1. The van der Waals surface area contributed by atoms with Gasteiger partial charge in [0, 0.05) is 34.0 Å². The molecule has 5 rings (SSSR count). The molecular formula is C20H16N6OS. The third-order valence-electron chi connectivity index (χ3n) is 4.79. The van der Waals surface area contributed by atoms with E-state index in [4.69, 9.17) is 0 Å². The number of fused-ring (bicyclic) bond motifs is 3. The number of anilines is 1. The topological polar surface area (TPSA) is 77.6 Å². The van der Waals surface area contributed by atoms with Gasteiger partial charge in [0.1, 0.15) is 11.2 Å². The maximum absolute atomic E-state index is 12.9. The largest absolute Gasteiger partial charge is 0.341 e. The van der Waals surface area contributed by atoms with Gasteiger partial charge < -0.3 is 9.88 Å². The van der Waals surface area contributed by atoms with Gasteiger partial charge in [0.15, 0.2) is 0 Å². The van der Waals surface area contributed by atoms with E-state index in [1.54, 1.807) is 0 Å². The lowest BCUT2D eigenvalue weighted by atomic mass is 10.1. The van der Waals surface area contributed by atoms with Crippen molar-refractivity contribution in [2.45, 2.75) is 13.5 Å². The number of nitrogens with zero attached hydrogens (tertiary/aromatic N) is 5. The molecule has 1 amide bonds. The maximum Gasteiger partial charge on any atom is 0.267 e.